The van der Waals surface area contributed by atoms with Crippen molar-refractivity contribution in [3.63, 3.8) is 0 Å². The van der Waals surface area contributed by atoms with Gasteiger partial charge in [0.15, 0.2) is 0 Å². The fraction of sp³-hybridized carbons (Fsp3) is 0.154. The molecule has 0 spiro atoms. The molecule has 3 heteroatoms. The SMILES string of the molecule is Cc1ccc2[nH]c3c(C)[nH]c(=O)cc3c2c1. The van der Waals surface area contributed by atoms with Crippen molar-refractivity contribution in [3.8, 4) is 0 Å². The van der Waals surface area contributed by atoms with Crippen LogP contribution in [0.1, 0.15) is 11.3 Å². The molecule has 16 heavy (non-hydrogen) atoms. The highest BCUT2D eigenvalue weighted by Gasteiger charge is 2.07. The summed E-state index contributed by atoms with van der Waals surface area (Å²) in [6.07, 6.45) is 0. The number of aryl methyl sites for hydroxylation is 2. The Kier molecular flexibility index (Phi) is 1.72. The third kappa shape index (κ3) is 1.18. The summed E-state index contributed by atoms with van der Waals surface area (Å²) in [5.41, 5.74) is 4.12. The zero-order chi connectivity index (χ0) is 11.3. The molecule has 0 atom stereocenters. The maximum absolute atomic E-state index is 11.5. The van der Waals surface area contributed by atoms with Crippen molar-refractivity contribution in [2.75, 3.05) is 0 Å². The third-order valence-electron chi connectivity index (χ3n) is 2.96. The van der Waals surface area contributed by atoms with Crippen LogP contribution in [-0.2, 0) is 0 Å². The van der Waals surface area contributed by atoms with Gasteiger partial charge in [0.2, 0.25) is 5.56 Å². The molecule has 0 fully saturated rings. The Morgan fingerprint density at radius 2 is 1.81 bits per heavy atom. The van der Waals surface area contributed by atoms with Gasteiger partial charge in [-0.3, -0.25) is 4.79 Å². The summed E-state index contributed by atoms with van der Waals surface area (Å²) in [6.45, 7) is 3.96. The second kappa shape index (κ2) is 2.98. The lowest BCUT2D eigenvalue weighted by Crippen LogP contribution is -2.04. The van der Waals surface area contributed by atoms with E-state index in [-0.39, 0.29) is 5.56 Å². The number of nitrogens with one attached hydrogen (secondary N) is 2. The van der Waals surface area contributed by atoms with Crippen molar-refractivity contribution < 1.29 is 0 Å². The van der Waals surface area contributed by atoms with Crippen molar-refractivity contribution in [2.24, 2.45) is 0 Å². The van der Waals surface area contributed by atoms with E-state index in [4.69, 9.17) is 0 Å². The minimum atomic E-state index is -0.0487. The van der Waals surface area contributed by atoms with Crippen molar-refractivity contribution in [1.82, 2.24) is 9.97 Å². The monoisotopic (exact) mass is 212 g/mol. The molecule has 0 unspecified atom stereocenters. The molecule has 2 N–H and O–H groups in total. The van der Waals surface area contributed by atoms with Gasteiger partial charge >= 0.3 is 0 Å². The van der Waals surface area contributed by atoms with E-state index in [0.29, 0.717) is 0 Å². The van der Waals surface area contributed by atoms with Gasteiger partial charge < -0.3 is 9.97 Å². The van der Waals surface area contributed by atoms with Crippen LogP contribution in [0.5, 0.6) is 0 Å². The normalized spacial score (nSPS) is 11.4. The van der Waals surface area contributed by atoms with E-state index in [1.54, 1.807) is 6.07 Å². The molecule has 3 nitrogen and oxygen atoms in total. The number of rotatable bonds is 0. The molecule has 0 aliphatic carbocycles. The number of fused-ring (bicyclic) bond motifs is 3. The van der Waals surface area contributed by atoms with Crippen LogP contribution in [0.2, 0.25) is 0 Å². The van der Waals surface area contributed by atoms with Crippen LogP contribution < -0.4 is 5.56 Å². The molecule has 0 bridgehead atoms. The summed E-state index contributed by atoms with van der Waals surface area (Å²) in [5.74, 6) is 0. The molecule has 0 amide bonds. The second-order valence-corrected chi connectivity index (χ2v) is 4.22. The second-order valence-electron chi connectivity index (χ2n) is 4.22. The Balaban J connectivity index is 2.62. The van der Waals surface area contributed by atoms with Crippen LogP contribution in [0.25, 0.3) is 21.8 Å². The van der Waals surface area contributed by atoms with Crippen molar-refractivity contribution in [2.45, 2.75) is 13.8 Å². The van der Waals surface area contributed by atoms with Crippen LogP contribution in [0, 0.1) is 13.8 Å². The quantitative estimate of drug-likeness (QED) is 0.591. The van der Waals surface area contributed by atoms with Crippen molar-refractivity contribution in [1.29, 1.82) is 0 Å². The molecule has 2 heterocycles. The molecule has 0 radical (unpaired) electrons. The number of hydrogen-bond acceptors (Lipinski definition) is 1. The zero-order valence-electron chi connectivity index (χ0n) is 9.22. The van der Waals surface area contributed by atoms with E-state index < -0.39 is 0 Å². The van der Waals surface area contributed by atoms with Gasteiger partial charge in [-0.25, -0.2) is 0 Å². The highest BCUT2D eigenvalue weighted by atomic mass is 16.1. The van der Waals surface area contributed by atoms with Crippen molar-refractivity contribution in [3.05, 3.63) is 45.9 Å². The van der Waals surface area contributed by atoms with Crippen LogP contribution in [0.4, 0.5) is 0 Å². The lowest BCUT2D eigenvalue weighted by atomic mass is 10.1. The molecule has 3 aromatic rings. The summed E-state index contributed by atoms with van der Waals surface area (Å²) in [5, 5.41) is 2.11. The predicted octanol–water partition coefficient (Wildman–Crippen LogP) is 2.63. The topological polar surface area (TPSA) is 48.6 Å². The molecular formula is C13H12N2O. The summed E-state index contributed by atoms with van der Waals surface area (Å²) in [7, 11) is 0. The first kappa shape index (κ1) is 9.21. The van der Waals surface area contributed by atoms with E-state index >= 15 is 0 Å². The van der Waals surface area contributed by atoms with Gasteiger partial charge in [0.05, 0.1) is 5.52 Å². The Bertz CT molecular complexity index is 750. The molecule has 0 aliphatic rings. The Labute approximate surface area is 92.1 Å². The molecule has 2 aromatic heterocycles. The minimum absolute atomic E-state index is 0.0487. The Hall–Kier alpha value is -2.03. The first-order chi connectivity index (χ1) is 7.65. The van der Waals surface area contributed by atoms with Gasteiger partial charge in [0.1, 0.15) is 0 Å². The van der Waals surface area contributed by atoms with Gasteiger partial charge in [-0.15, -0.1) is 0 Å². The molecule has 1 aromatic carbocycles. The van der Waals surface area contributed by atoms with Gasteiger partial charge in [-0.2, -0.15) is 0 Å². The van der Waals surface area contributed by atoms with E-state index in [1.165, 1.54) is 5.56 Å². The number of aromatic amines is 2. The van der Waals surface area contributed by atoms with Gasteiger partial charge in [-0.1, -0.05) is 11.6 Å². The van der Waals surface area contributed by atoms with E-state index in [9.17, 15) is 4.79 Å². The summed E-state index contributed by atoms with van der Waals surface area (Å²) in [4.78, 5) is 17.6. The smallest absolute Gasteiger partial charge is 0.248 e. The van der Waals surface area contributed by atoms with Gasteiger partial charge in [0, 0.05) is 28.0 Å². The number of hydrogen-bond donors (Lipinski definition) is 2. The minimum Gasteiger partial charge on any atom is -0.353 e. The highest BCUT2D eigenvalue weighted by Crippen LogP contribution is 2.25. The van der Waals surface area contributed by atoms with Gasteiger partial charge in [0.25, 0.3) is 0 Å². The average Bonchev–Trinajstić information content (AvgIpc) is 2.57. The highest BCUT2D eigenvalue weighted by molar-refractivity contribution is 6.07. The standard InChI is InChI=1S/C13H12N2O/c1-7-3-4-11-9(5-7)10-6-12(16)14-8(2)13(10)15-11/h3-6,15H,1-2H3,(H,14,16). The number of pyridine rings is 1. The lowest BCUT2D eigenvalue weighted by molar-refractivity contribution is 1.16. The molecule has 80 valence electrons. The first-order valence-corrected chi connectivity index (χ1v) is 5.27. The fourth-order valence-electron chi connectivity index (χ4n) is 2.19. The first-order valence-electron chi connectivity index (χ1n) is 5.27. The summed E-state index contributed by atoms with van der Waals surface area (Å²) >= 11 is 0. The lowest BCUT2D eigenvalue weighted by Gasteiger charge is -1.95. The number of aromatic nitrogens is 2. The van der Waals surface area contributed by atoms with Crippen LogP contribution in [0.15, 0.2) is 29.1 Å². The maximum Gasteiger partial charge on any atom is 0.248 e. The van der Waals surface area contributed by atoms with Crippen LogP contribution >= 0.6 is 0 Å². The molecule has 0 saturated carbocycles. The van der Waals surface area contributed by atoms with Crippen molar-refractivity contribution >= 4 is 21.8 Å². The van der Waals surface area contributed by atoms with E-state index in [1.807, 2.05) is 6.92 Å². The summed E-state index contributed by atoms with van der Waals surface area (Å²) in [6, 6.07) is 7.87. The molecule has 0 aliphatic heterocycles. The van der Waals surface area contributed by atoms with Gasteiger partial charge in [-0.05, 0) is 26.0 Å². The molecule has 3 rings (SSSR count). The van der Waals surface area contributed by atoms with Crippen LogP contribution in [-0.4, -0.2) is 9.97 Å². The Morgan fingerprint density at radius 1 is 1.00 bits per heavy atom. The maximum atomic E-state index is 11.5. The number of benzene rings is 1. The fourth-order valence-corrected chi connectivity index (χ4v) is 2.19. The largest absolute Gasteiger partial charge is 0.353 e. The van der Waals surface area contributed by atoms with E-state index in [0.717, 1.165) is 27.5 Å². The molecular weight excluding hydrogens is 200 g/mol. The Morgan fingerprint density at radius 3 is 2.62 bits per heavy atom. The molecule has 0 saturated heterocycles. The zero-order valence-corrected chi connectivity index (χ0v) is 9.22. The van der Waals surface area contributed by atoms with Crippen LogP contribution in [0.3, 0.4) is 0 Å². The number of H-pyrrole nitrogens is 2. The third-order valence-corrected chi connectivity index (χ3v) is 2.96. The average molecular weight is 212 g/mol. The van der Waals surface area contributed by atoms with E-state index in [2.05, 4.69) is 35.1 Å². The summed E-state index contributed by atoms with van der Waals surface area (Å²) < 4.78 is 0. The predicted molar refractivity (Wildman–Crippen MR) is 65.9 cm³/mol.